The molecule has 9 nitrogen and oxygen atoms in total. The van der Waals surface area contributed by atoms with Gasteiger partial charge in [-0.25, -0.2) is 4.98 Å². The van der Waals surface area contributed by atoms with Gasteiger partial charge < -0.3 is 30.2 Å². The molecule has 0 spiro atoms. The van der Waals surface area contributed by atoms with Gasteiger partial charge in [0.1, 0.15) is 11.6 Å². The second-order valence-electron chi connectivity index (χ2n) is 8.96. The third-order valence-corrected chi connectivity index (χ3v) is 6.86. The van der Waals surface area contributed by atoms with Crippen LogP contribution in [0.1, 0.15) is 15.9 Å². The van der Waals surface area contributed by atoms with E-state index in [0.717, 1.165) is 65.3 Å². The lowest BCUT2D eigenvalue weighted by molar-refractivity contribution is 0.0966. The van der Waals surface area contributed by atoms with Gasteiger partial charge in [-0.3, -0.25) is 9.78 Å². The molecule has 0 unspecified atom stereocenters. The Morgan fingerprint density at radius 3 is 2.69 bits per heavy atom. The fourth-order valence-electron chi connectivity index (χ4n) is 4.91. The van der Waals surface area contributed by atoms with Crippen molar-refractivity contribution in [2.45, 2.75) is 6.54 Å². The molecule has 0 radical (unpaired) electrons. The van der Waals surface area contributed by atoms with E-state index in [-0.39, 0.29) is 5.91 Å². The number of rotatable bonds is 5. The van der Waals surface area contributed by atoms with Gasteiger partial charge in [-0.1, -0.05) is 12.1 Å². The number of ether oxygens (including phenoxy) is 1. The highest BCUT2D eigenvalue weighted by Crippen LogP contribution is 2.38. The molecule has 0 saturated carbocycles. The summed E-state index contributed by atoms with van der Waals surface area (Å²) in [5.41, 5.74) is 5.86. The average molecular weight is 470 g/mol. The van der Waals surface area contributed by atoms with Crippen molar-refractivity contribution >= 4 is 34.0 Å². The Bertz CT molecular complexity index is 1410. The summed E-state index contributed by atoms with van der Waals surface area (Å²) < 4.78 is 5.48. The highest BCUT2D eigenvalue weighted by Gasteiger charge is 2.28. The van der Waals surface area contributed by atoms with Crippen molar-refractivity contribution in [1.82, 2.24) is 25.2 Å². The Labute approximate surface area is 203 Å². The number of para-hydroxylation sites is 1. The Morgan fingerprint density at radius 1 is 1.06 bits per heavy atom. The van der Waals surface area contributed by atoms with E-state index in [0.29, 0.717) is 23.6 Å². The first-order valence-electron chi connectivity index (χ1n) is 11.7. The van der Waals surface area contributed by atoms with E-state index in [9.17, 15) is 4.79 Å². The van der Waals surface area contributed by atoms with E-state index in [1.807, 2.05) is 36.7 Å². The number of carbonyl (C=O) groups is 1. The van der Waals surface area contributed by atoms with Gasteiger partial charge in [0.15, 0.2) is 0 Å². The number of piperazine rings is 1. The molecule has 4 aromatic rings. The van der Waals surface area contributed by atoms with Crippen molar-refractivity contribution in [3.8, 4) is 17.0 Å². The number of benzene rings is 1. The number of aromatic amines is 1. The number of nitrogens with zero attached hydrogens (tertiary/aromatic N) is 4. The summed E-state index contributed by atoms with van der Waals surface area (Å²) in [6.45, 7) is 4.50. The predicted molar refractivity (Wildman–Crippen MR) is 136 cm³/mol. The molecule has 6 rings (SSSR count). The SMILES string of the molecule is COc1cccc2c(-c3ncc(Nc4ccc(N5CCN(C)CC5)cn4)c4c3CNC4=O)c[nH]c12. The Hall–Kier alpha value is -4.11. The van der Waals surface area contributed by atoms with Crippen LogP contribution in [0.2, 0.25) is 0 Å². The summed E-state index contributed by atoms with van der Waals surface area (Å²) in [5.74, 6) is 1.33. The fraction of sp³-hybridized carbons (Fsp3) is 0.269. The van der Waals surface area contributed by atoms with E-state index in [1.165, 1.54) is 0 Å². The van der Waals surface area contributed by atoms with E-state index in [1.54, 1.807) is 13.3 Å². The van der Waals surface area contributed by atoms with Crippen molar-refractivity contribution in [1.29, 1.82) is 0 Å². The highest BCUT2D eigenvalue weighted by molar-refractivity contribution is 6.07. The van der Waals surface area contributed by atoms with Gasteiger partial charge in [-0.05, 0) is 25.2 Å². The molecule has 0 atom stereocenters. The smallest absolute Gasteiger partial charge is 0.254 e. The molecule has 1 aromatic carbocycles. The molecule has 2 aliphatic heterocycles. The van der Waals surface area contributed by atoms with Gasteiger partial charge >= 0.3 is 0 Å². The van der Waals surface area contributed by atoms with Crippen molar-refractivity contribution in [2.75, 3.05) is 50.6 Å². The lowest BCUT2D eigenvalue weighted by Gasteiger charge is -2.33. The molecule has 5 heterocycles. The third kappa shape index (κ3) is 3.74. The van der Waals surface area contributed by atoms with Crippen LogP contribution in [-0.4, -0.2) is 66.1 Å². The number of anilines is 3. The van der Waals surface area contributed by atoms with E-state index < -0.39 is 0 Å². The van der Waals surface area contributed by atoms with Gasteiger partial charge in [0.05, 0.1) is 47.7 Å². The minimum atomic E-state index is -0.113. The van der Waals surface area contributed by atoms with Crippen LogP contribution >= 0.6 is 0 Å². The van der Waals surface area contributed by atoms with Gasteiger partial charge in [-0.15, -0.1) is 0 Å². The molecule has 3 N–H and O–H groups in total. The zero-order chi connectivity index (χ0) is 23.9. The van der Waals surface area contributed by atoms with E-state index in [4.69, 9.17) is 9.72 Å². The molecule has 1 saturated heterocycles. The normalized spacial score (nSPS) is 15.8. The van der Waals surface area contributed by atoms with Crippen LogP contribution < -0.4 is 20.3 Å². The Balaban J connectivity index is 1.31. The first kappa shape index (κ1) is 21.4. The number of nitrogens with one attached hydrogen (secondary N) is 3. The number of amides is 1. The molecule has 0 bridgehead atoms. The second kappa shape index (κ2) is 8.59. The number of hydrogen-bond acceptors (Lipinski definition) is 7. The van der Waals surface area contributed by atoms with Gasteiger partial charge in [0.2, 0.25) is 0 Å². The van der Waals surface area contributed by atoms with Crippen molar-refractivity contribution in [3.63, 3.8) is 0 Å². The van der Waals surface area contributed by atoms with Crippen molar-refractivity contribution in [3.05, 3.63) is 60.0 Å². The van der Waals surface area contributed by atoms with Crippen LogP contribution in [0.25, 0.3) is 22.2 Å². The Morgan fingerprint density at radius 2 is 1.91 bits per heavy atom. The maximum Gasteiger partial charge on any atom is 0.254 e. The van der Waals surface area contributed by atoms with Crippen LogP contribution in [0, 0.1) is 0 Å². The maximum atomic E-state index is 12.8. The lowest BCUT2D eigenvalue weighted by Crippen LogP contribution is -2.44. The van der Waals surface area contributed by atoms with Crippen LogP contribution in [-0.2, 0) is 6.54 Å². The van der Waals surface area contributed by atoms with Gasteiger partial charge in [0, 0.05) is 55.4 Å². The minimum Gasteiger partial charge on any atom is -0.495 e. The fourth-order valence-corrected chi connectivity index (χ4v) is 4.91. The predicted octanol–water partition coefficient (Wildman–Crippen LogP) is 3.37. The second-order valence-corrected chi connectivity index (χ2v) is 8.96. The zero-order valence-electron chi connectivity index (χ0n) is 19.8. The first-order chi connectivity index (χ1) is 17.1. The number of methoxy groups -OCH3 is 1. The molecule has 35 heavy (non-hydrogen) atoms. The summed E-state index contributed by atoms with van der Waals surface area (Å²) in [6.07, 6.45) is 5.52. The molecule has 2 aliphatic rings. The zero-order valence-corrected chi connectivity index (χ0v) is 19.8. The summed E-state index contributed by atoms with van der Waals surface area (Å²) >= 11 is 0. The van der Waals surface area contributed by atoms with Crippen molar-refractivity contribution < 1.29 is 9.53 Å². The van der Waals surface area contributed by atoms with Gasteiger partial charge in [-0.2, -0.15) is 0 Å². The first-order valence-corrected chi connectivity index (χ1v) is 11.7. The molecule has 178 valence electrons. The Kier molecular flexibility index (Phi) is 5.26. The average Bonchev–Trinajstić information content (AvgIpc) is 3.50. The number of carbonyl (C=O) groups excluding carboxylic acids is 1. The number of aromatic nitrogens is 3. The summed E-state index contributed by atoms with van der Waals surface area (Å²) in [4.78, 5) is 30.2. The lowest BCUT2D eigenvalue weighted by atomic mass is 10.0. The van der Waals surface area contributed by atoms with E-state index in [2.05, 4.69) is 43.5 Å². The van der Waals surface area contributed by atoms with Crippen LogP contribution in [0.3, 0.4) is 0 Å². The van der Waals surface area contributed by atoms with Crippen molar-refractivity contribution in [2.24, 2.45) is 0 Å². The third-order valence-electron chi connectivity index (χ3n) is 6.86. The minimum absolute atomic E-state index is 0.113. The van der Waals surface area contributed by atoms with Crippen LogP contribution in [0.4, 0.5) is 17.2 Å². The molecular weight excluding hydrogens is 442 g/mol. The number of H-pyrrole nitrogens is 1. The standard InChI is InChI=1S/C26H27N7O2/c1-32-8-10-33(11-9-32)16-6-7-22(27-12-16)31-20-15-29-24(19-14-30-26(34)23(19)20)18-13-28-25-17(18)4-3-5-21(25)35-2/h3-7,12-13,15,28H,8-11,14H2,1-2H3,(H,27,31)(H,30,34). The summed E-state index contributed by atoms with van der Waals surface area (Å²) in [6, 6.07) is 9.92. The molecule has 0 aliphatic carbocycles. The molecular formula is C26H27N7O2. The highest BCUT2D eigenvalue weighted by atomic mass is 16.5. The van der Waals surface area contributed by atoms with Crippen LogP contribution in [0.15, 0.2) is 48.9 Å². The molecule has 1 amide bonds. The monoisotopic (exact) mass is 469 g/mol. The molecule has 1 fully saturated rings. The molecule has 9 heteroatoms. The quantitative estimate of drug-likeness (QED) is 0.412. The topological polar surface area (TPSA) is 98.4 Å². The number of hydrogen-bond donors (Lipinski definition) is 3. The number of fused-ring (bicyclic) bond motifs is 2. The largest absolute Gasteiger partial charge is 0.495 e. The molecule has 3 aromatic heterocycles. The number of likely N-dealkylation sites (N-methyl/N-ethyl adjacent to an activating group) is 1. The summed E-state index contributed by atoms with van der Waals surface area (Å²) in [5, 5.41) is 7.27. The van der Waals surface area contributed by atoms with Crippen LogP contribution in [0.5, 0.6) is 5.75 Å². The maximum absolute atomic E-state index is 12.8. The van der Waals surface area contributed by atoms with E-state index >= 15 is 0 Å². The number of pyridine rings is 2. The summed E-state index contributed by atoms with van der Waals surface area (Å²) in [7, 11) is 3.80. The van der Waals surface area contributed by atoms with Gasteiger partial charge in [0.25, 0.3) is 5.91 Å².